The summed E-state index contributed by atoms with van der Waals surface area (Å²) in [6.45, 7) is 2.71. The van der Waals surface area contributed by atoms with E-state index in [1.165, 1.54) is 18.7 Å². The molecule has 2 amide bonds. The van der Waals surface area contributed by atoms with Gasteiger partial charge < -0.3 is 20.1 Å². The van der Waals surface area contributed by atoms with Crippen LogP contribution in [-0.2, 0) is 9.59 Å². The first-order valence-corrected chi connectivity index (χ1v) is 8.76. The van der Waals surface area contributed by atoms with Crippen LogP contribution in [0.3, 0.4) is 0 Å². The molecule has 114 valence electrons. The number of carbonyl (C=O) groups excluding carboxylic acids is 3. The predicted molar refractivity (Wildman–Crippen MR) is 102 cm³/mol. The second-order valence-corrected chi connectivity index (χ2v) is 7.32. The third-order valence-corrected chi connectivity index (χ3v) is 5.79. The summed E-state index contributed by atoms with van der Waals surface area (Å²) in [7, 11) is 1.55. The van der Waals surface area contributed by atoms with Crippen molar-refractivity contribution in [2.24, 2.45) is 0 Å². The summed E-state index contributed by atoms with van der Waals surface area (Å²) in [5.41, 5.74) is 0.766. The molecule has 0 radical (unpaired) electrons. The summed E-state index contributed by atoms with van der Waals surface area (Å²) in [6.07, 6.45) is 0. The third-order valence-electron chi connectivity index (χ3n) is 2.61. The monoisotopic (exact) mass is 760 g/mol. The maximum atomic E-state index is 11.6. The molecular formula is C12H10CsI3N2O4. The average molecular weight is 760 g/mol. The minimum absolute atomic E-state index is 0. The van der Waals surface area contributed by atoms with E-state index in [0.717, 1.165) is 0 Å². The van der Waals surface area contributed by atoms with Gasteiger partial charge in [-0.2, -0.15) is 0 Å². The zero-order valence-electron chi connectivity index (χ0n) is 12.2. The maximum Gasteiger partial charge on any atom is 1.00 e. The minimum atomic E-state index is -1.36. The average Bonchev–Trinajstić information content (AvgIpc) is 2.33. The van der Waals surface area contributed by atoms with Crippen LogP contribution in [0.4, 0.5) is 11.4 Å². The van der Waals surface area contributed by atoms with Crippen LogP contribution in [0.1, 0.15) is 24.2 Å². The molecule has 1 aromatic carbocycles. The number of hydrogen-bond donors (Lipinski definition) is 1. The number of halogens is 3. The van der Waals surface area contributed by atoms with Crippen molar-refractivity contribution in [3.05, 3.63) is 16.3 Å². The van der Waals surface area contributed by atoms with Crippen molar-refractivity contribution in [1.29, 1.82) is 0 Å². The molecule has 0 aromatic heterocycles. The second-order valence-electron chi connectivity index (χ2n) is 4.09. The second kappa shape index (κ2) is 10.1. The molecule has 0 bridgehead atoms. The molecule has 10 heteroatoms. The number of rotatable bonds is 3. The molecule has 0 fully saturated rings. The van der Waals surface area contributed by atoms with Crippen LogP contribution in [-0.4, -0.2) is 24.8 Å². The Hall–Kier alpha value is 1.87. The van der Waals surface area contributed by atoms with E-state index < -0.39 is 5.97 Å². The van der Waals surface area contributed by atoms with Crippen molar-refractivity contribution >= 4 is 96.9 Å². The Balaban J connectivity index is 0.00000441. The molecule has 22 heavy (non-hydrogen) atoms. The summed E-state index contributed by atoms with van der Waals surface area (Å²) in [5.74, 6) is -1.93. The van der Waals surface area contributed by atoms with E-state index in [1.54, 1.807) is 7.05 Å². The van der Waals surface area contributed by atoms with Crippen LogP contribution in [0.15, 0.2) is 0 Å². The standard InChI is InChI=1S/C12H11I3N2O4.Cs/c1-4(18)16-10-7(13)6(12(20)21)8(14)11(9(10)15)17(3)5(2)19;/h1-3H3,(H,16,18)(H,20,21);/q;+1/p-1. The van der Waals surface area contributed by atoms with Gasteiger partial charge in [0.05, 0.1) is 20.9 Å². The Morgan fingerprint density at radius 2 is 1.55 bits per heavy atom. The van der Waals surface area contributed by atoms with E-state index >= 15 is 0 Å². The van der Waals surface area contributed by atoms with E-state index in [4.69, 9.17) is 0 Å². The quantitative estimate of drug-likeness (QED) is 0.393. The number of carboxylic acid groups (broad SMARTS) is 1. The Morgan fingerprint density at radius 3 is 1.91 bits per heavy atom. The molecule has 6 nitrogen and oxygen atoms in total. The normalized spacial score (nSPS) is 9.73. The van der Waals surface area contributed by atoms with Crippen LogP contribution in [0, 0.1) is 10.7 Å². The van der Waals surface area contributed by atoms with Gasteiger partial charge in [0.2, 0.25) is 11.8 Å². The Kier molecular flexibility index (Phi) is 11.0. The first kappa shape index (κ1) is 23.9. The molecule has 1 rings (SSSR count). The molecule has 0 atom stereocenters. The fraction of sp³-hybridized carbons (Fsp3) is 0.250. The van der Waals surface area contributed by atoms with E-state index in [1.807, 2.05) is 67.8 Å². The summed E-state index contributed by atoms with van der Waals surface area (Å²) < 4.78 is 1.37. The SMILES string of the molecule is CC(=O)Nc1c(I)c(C(=O)[O-])c(I)c(N(C)C(C)=O)c1I.[Cs+]. The van der Waals surface area contributed by atoms with Gasteiger partial charge in [-0.3, -0.25) is 9.59 Å². The number of nitrogens with zero attached hydrogens (tertiary/aromatic N) is 1. The molecule has 1 N–H and O–H groups in total. The van der Waals surface area contributed by atoms with Gasteiger partial charge in [-0.1, -0.05) is 0 Å². The molecule has 0 saturated carbocycles. The molecule has 0 spiro atoms. The van der Waals surface area contributed by atoms with Gasteiger partial charge in [-0.15, -0.1) is 0 Å². The van der Waals surface area contributed by atoms with Gasteiger partial charge in [0.15, 0.2) is 0 Å². The first-order valence-electron chi connectivity index (χ1n) is 5.53. The zero-order valence-corrected chi connectivity index (χ0v) is 25.0. The van der Waals surface area contributed by atoms with Gasteiger partial charge in [0, 0.05) is 33.6 Å². The Labute approximate surface area is 227 Å². The van der Waals surface area contributed by atoms with Crippen LogP contribution in [0.2, 0.25) is 0 Å². The fourth-order valence-electron chi connectivity index (χ4n) is 1.57. The summed E-state index contributed by atoms with van der Waals surface area (Å²) in [6, 6.07) is 0. The number of benzene rings is 1. The number of nitrogens with one attached hydrogen (secondary N) is 1. The van der Waals surface area contributed by atoms with Crippen molar-refractivity contribution < 1.29 is 88.4 Å². The molecule has 1 aromatic rings. The summed E-state index contributed by atoms with van der Waals surface area (Å²) in [4.78, 5) is 35.7. The first-order chi connectivity index (χ1) is 9.59. The van der Waals surface area contributed by atoms with Gasteiger partial charge in [-0.25, -0.2) is 0 Å². The van der Waals surface area contributed by atoms with Crippen LogP contribution in [0.5, 0.6) is 0 Å². The minimum Gasteiger partial charge on any atom is -0.545 e. The topological polar surface area (TPSA) is 89.5 Å². The van der Waals surface area contributed by atoms with Crippen LogP contribution >= 0.6 is 67.8 Å². The third kappa shape index (κ3) is 5.43. The van der Waals surface area contributed by atoms with Gasteiger partial charge in [0.25, 0.3) is 0 Å². The molecule has 0 heterocycles. The predicted octanol–water partition coefficient (Wildman–Crippen LogP) is -1.19. The molecule has 0 saturated heterocycles. The van der Waals surface area contributed by atoms with Crippen molar-refractivity contribution in [3.8, 4) is 0 Å². The van der Waals surface area contributed by atoms with Crippen molar-refractivity contribution in [1.82, 2.24) is 0 Å². The summed E-state index contributed by atoms with van der Waals surface area (Å²) in [5, 5.41) is 14.0. The van der Waals surface area contributed by atoms with E-state index in [2.05, 4.69) is 5.32 Å². The molecule has 0 aliphatic rings. The van der Waals surface area contributed by atoms with E-state index in [9.17, 15) is 19.5 Å². The van der Waals surface area contributed by atoms with Gasteiger partial charge in [0.1, 0.15) is 0 Å². The number of amides is 2. The zero-order chi connectivity index (χ0) is 16.5. The molecule has 0 unspecified atom stereocenters. The van der Waals surface area contributed by atoms with Crippen molar-refractivity contribution in [2.75, 3.05) is 17.3 Å². The number of aromatic carboxylic acids is 1. The Bertz CT molecular complexity index is 652. The summed E-state index contributed by atoms with van der Waals surface area (Å²) >= 11 is 5.70. The van der Waals surface area contributed by atoms with E-state index in [-0.39, 0.29) is 86.3 Å². The number of hydrogen-bond acceptors (Lipinski definition) is 4. The molecule has 0 aliphatic carbocycles. The number of anilines is 2. The Morgan fingerprint density at radius 1 is 1.05 bits per heavy atom. The van der Waals surface area contributed by atoms with E-state index in [0.29, 0.717) is 22.1 Å². The largest absolute Gasteiger partial charge is 1.00 e. The fourth-order valence-corrected chi connectivity index (χ4v) is 6.17. The van der Waals surface area contributed by atoms with Gasteiger partial charge >= 0.3 is 68.9 Å². The van der Waals surface area contributed by atoms with Gasteiger partial charge in [-0.05, 0) is 67.8 Å². The van der Waals surface area contributed by atoms with Crippen molar-refractivity contribution in [3.63, 3.8) is 0 Å². The number of carbonyl (C=O) groups is 3. The smallest absolute Gasteiger partial charge is 0.545 e. The van der Waals surface area contributed by atoms with Crippen LogP contribution in [0.25, 0.3) is 0 Å². The number of carboxylic acids is 1. The van der Waals surface area contributed by atoms with Crippen molar-refractivity contribution in [2.45, 2.75) is 13.8 Å². The molecular weight excluding hydrogens is 750 g/mol. The van der Waals surface area contributed by atoms with Crippen LogP contribution < -0.4 is 84.2 Å². The maximum absolute atomic E-state index is 11.6. The molecule has 0 aliphatic heterocycles.